The fourth-order valence-electron chi connectivity index (χ4n) is 3.50. The Morgan fingerprint density at radius 1 is 1.25 bits per heavy atom. The van der Waals surface area contributed by atoms with Crippen molar-refractivity contribution in [2.75, 3.05) is 14.2 Å². The second-order valence-corrected chi connectivity index (χ2v) is 6.39. The van der Waals surface area contributed by atoms with Crippen molar-refractivity contribution in [3.05, 3.63) is 40.5 Å². The van der Waals surface area contributed by atoms with E-state index in [-0.39, 0.29) is 34.5 Å². The van der Waals surface area contributed by atoms with Crippen LogP contribution in [0.4, 0.5) is 0 Å². The van der Waals surface area contributed by atoms with Crippen molar-refractivity contribution in [3.63, 3.8) is 0 Å². The number of esters is 1. The monoisotopic (exact) mass is 384 g/mol. The first-order valence-electron chi connectivity index (χ1n) is 8.69. The van der Waals surface area contributed by atoms with E-state index in [2.05, 4.69) is 6.07 Å². The summed E-state index contributed by atoms with van der Waals surface area (Å²) in [6.07, 6.45) is 1.60. The molecule has 0 saturated carbocycles. The van der Waals surface area contributed by atoms with Gasteiger partial charge in [0.15, 0.2) is 17.3 Å². The van der Waals surface area contributed by atoms with E-state index in [1.807, 2.05) is 0 Å². The average Bonchev–Trinajstić information content (AvgIpc) is 2.66. The topological polar surface area (TPSA) is 121 Å². The Hall–Kier alpha value is -3.47. The molecule has 1 aliphatic heterocycles. The van der Waals surface area contributed by atoms with Crippen LogP contribution >= 0.6 is 0 Å². The molecule has 0 bridgehead atoms. The lowest BCUT2D eigenvalue weighted by atomic mass is 9.77. The van der Waals surface area contributed by atoms with E-state index in [4.69, 9.17) is 24.7 Å². The fourth-order valence-corrected chi connectivity index (χ4v) is 3.50. The standard InChI is InChI=1S/C20H20N2O6/c1-10(23)27-19-15(25-2)7-11(8-16(19)26-3)17-12(9-21)20(22)28-14-6-4-5-13(24)18(14)17/h7-8,17H,4-6,22H2,1-3H3/t17-/m0/s1. The van der Waals surface area contributed by atoms with Crippen LogP contribution in [0.5, 0.6) is 17.2 Å². The number of hydrogen-bond donors (Lipinski definition) is 1. The van der Waals surface area contributed by atoms with Crippen molar-refractivity contribution in [2.24, 2.45) is 5.73 Å². The van der Waals surface area contributed by atoms with Gasteiger partial charge in [-0.25, -0.2) is 0 Å². The predicted molar refractivity (Wildman–Crippen MR) is 97.4 cm³/mol. The van der Waals surface area contributed by atoms with Crippen LogP contribution in [0.25, 0.3) is 0 Å². The summed E-state index contributed by atoms with van der Waals surface area (Å²) in [6.45, 7) is 1.26. The highest BCUT2D eigenvalue weighted by Gasteiger charge is 2.38. The summed E-state index contributed by atoms with van der Waals surface area (Å²) < 4.78 is 21.5. The minimum absolute atomic E-state index is 0.0250. The molecule has 2 N–H and O–H groups in total. The van der Waals surface area contributed by atoms with Gasteiger partial charge in [0.2, 0.25) is 11.6 Å². The third-order valence-electron chi connectivity index (χ3n) is 4.67. The number of nitriles is 1. The molecule has 0 unspecified atom stereocenters. The molecule has 1 heterocycles. The maximum absolute atomic E-state index is 12.7. The Morgan fingerprint density at radius 3 is 2.43 bits per heavy atom. The van der Waals surface area contributed by atoms with E-state index in [1.165, 1.54) is 21.1 Å². The minimum atomic E-state index is -0.712. The van der Waals surface area contributed by atoms with Crippen molar-refractivity contribution >= 4 is 11.8 Å². The molecule has 0 aromatic heterocycles. The van der Waals surface area contributed by atoms with Gasteiger partial charge in [-0.05, 0) is 24.1 Å². The first-order valence-corrected chi connectivity index (χ1v) is 8.69. The number of Topliss-reactive ketones (excluding diaryl/α,β-unsaturated/α-hetero) is 1. The number of benzene rings is 1. The molecular formula is C20H20N2O6. The quantitative estimate of drug-likeness (QED) is 0.621. The van der Waals surface area contributed by atoms with Crippen LogP contribution in [0, 0.1) is 11.3 Å². The summed E-state index contributed by atoms with van der Waals surface area (Å²) in [7, 11) is 2.84. The highest BCUT2D eigenvalue weighted by molar-refractivity contribution is 5.99. The normalized spacial score (nSPS) is 18.8. The number of nitrogens with zero attached hydrogens (tertiary/aromatic N) is 1. The number of methoxy groups -OCH3 is 2. The van der Waals surface area contributed by atoms with E-state index in [1.54, 1.807) is 12.1 Å². The van der Waals surface area contributed by atoms with E-state index in [0.717, 1.165) is 0 Å². The first kappa shape index (κ1) is 19.3. The smallest absolute Gasteiger partial charge is 0.308 e. The first-order chi connectivity index (χ1) is 13.4. The van der Waals surface area contributed by atoms with Crippen molar-refractivity contribution in [1.82, 2.24) is 0 Å². The van der Waals surface area contributed by atoms with Gasteiger partial charge in [0.05, 0.1) is 20.1 Å². The maximum atomic E-state index is 12.7. The van der Waals surface area contributed by atoms with Gasteiger partial charge in [-0.2, -0.15) is 5.26 Å². The molecule has 0 fully saturated rings. The number of ether oxygens (including phenoxy) is 4. The number of carbonyl (C=O) groups excluding carboxylic acids is 2. The number of rotatable bonds is 4. The summed E-state index contributed by atoms with van der Waals surface area (Å²) in [5.41, 5.74) is 7.07. The van der Waals surface area contributed by atoms with Gasteiger partial charge in [0, 0.05) is 25.3 Å². The van der Waals surface area contributed by atoms with Gasteiger partial charge < -0.3 is 24.7 Å². The molecule has 0 amide bonds. The summed E-state index contributed by atoms with van der Waals surface area (Å²) in [4.78, 5) is 24.1. The molecular weight excluding hydrogens is 364 g/mol. The Balaban J connectivity index is 2.23. The van der Waals surface area contributed by atoms with E-state index in [0.29, 0.717) is 36.2 Å². The van der Waals surface area contributed by atoms with E-state index >= 15 is 0 Å². The van der Waals surface area contributed by atoms with Gasteiger partial charge in [-0.3, -0.25) is 9.59 Å². The van der Waals surface area contributed by atoms with Crippen molar-refractivity contribution < 1.29 is 28.5 Å². The van der Waals surface area contributed by atoms with E-state index in [9.17, 15) is 14.9 Å². The predicted octanol–water partition coefficient (Wildman–Crippen LogP) is 2.44. The highest BCUT2D eigenvalue weighted by Crippen LogP contribution is 2.47. The highest BCUT2D eigenvalue weighted by atomic mass is 16.6. The molecule has 1 atom stereocenters. The lowest BCUT2D eigenvalue weighted by Gasteiger charge is -2.31. The van der Waals surface area contributed by atoms with Gasteiger partial charge in [-0.1, -0.05) is 0 Å². The number of ketones is 1. The molecule has 8 nitrogen and oxygen atoms in total. The molecule has 1 aromatic carbocycles. The maximum Gasteiger partial charge on any atom is 0.308 e. The van der Waals surface area contributed by atoms with Gasteiger partial charge in [-0.15, -0.1) is 0 Å². The second kappa shape index (κ2) is 7.64. The third kappa shape index (κ3) is 3.27. The molecule has 0 spiro atoms. The number of allylic oxidation sites excluding steroid dienone is 3. The van der Waals surface area contributed by atoms with Crippen LogP contribution < -0.4 is 19.9 Å². The Bertz CT molecular complexity index is 929. The number of nitrogens with two attached hydrogens (primary N) is 1. The largest absolute Gasteiger partial charge is 0.493 e. The minimum Gasteiger partial charge on any atom is -0.493 e. The Morgan fingerprint density at radius 2 is 1.89 bits per heavy atom. The van der Waals surface area contributed by atoms with Crippen molar-refractivity contribution in [3.8, 4) is 23.3 Å². The molecule has 1 aliphatic carbocycles. The number of carbonyl (C=O) groups is 2. The van der Waals surface area contributed by atoms with Crippen LogP contribution in [-0.4, -0.2) is 26.0 Å². The Kier molecular flexibility index (Phi) is 5.27. The molecule has 146 valence electrons. The summed E-state index contributed by atoms with van der Waals surface area (Å²) in [5.74, 6) is -0.292. The second-order valence-electron chi connectivity index (χ2n) is 6.39. The van der Waals surface area contributed by atoms with Gasteiger partial charge >= 0.3 is 5.97 Å². The van der Waals surface area contributed by atoms with Crippen LogP contribution in [0.15, 0.2) is 34.9 Å². The lowest BCUT2D eigenvalue weighted by molar-refractivity contribution is -0.132. The number of hydrogen-bond acceptors (Lipinski definition) is 8. The van der Waals surface area contributed by atoms with Crippen LogP contribution in [-0.2, 0) is 14.3 Å². The molecule has 3 rings (SSSR count). The zero-order valence-electron chi connectivity index (χ0n) is 15.8. The lowest BCUT2D eigenvalue weighted by Crippen LogP contribution is -2.27. The summed E-state index contributed by atoms with van der Waals surface area (Å²) in [5, 5.41) is 9.66. The van der Waals surface area contributed by atoms with Gasteiger partial charge in [0.1, 0.15) is 17.4 Å². The molecule has 0 saturated heterocycles. The third-order valence-corrected chi connectivity index (χ3v) is 4.67. The van der Waals surface area contributed by atoms with E-state index < -0.39 is 11.9 Å². The zero-order chi connectivity index (χ0) is 20.4. The molecule has 0 radical (unpaired) electrons. The average molecular weight is 384 g/mol. The van der Waals surface area contributed by atoms with Crippen LogP contribution in [0.3, 0.4) is 0 Å². The molecule has 1 aromatic rings. The Labute approximate surface area is 162 Å². The molecule has 2 aliphatic rings. The summed E-state index contributed by atoms with van der Waals surface area (Å²) in [6, 6.07) is 5.26. The molecule has 28 heavy (non-hydrogen) atoms. The fraction of sp³-hybridized carbons (Fsp3) is 0.350. The van der Waals surface area contributed by atoms with Crippen LogP contribution in [0.2, 0.25) is 0 Å². The zero-order valence-corrected chi connectivity index (χ0v) is 15.8. The van der Waals surface area contributed by atoms with Crippen molar-refractivity contribution in [1.29, 1.82) is 5.26 Å². The van der Waals surface area contributed by atoms with Crippen molar-refractivity contribution in [2.45, 2.75) is 32.1 Å². The summed E-state index contributed by atoms with van der Waals surface area (Å²) >= 11 is 0. The molecule has 8 heteroatoms. The SMILES string of the molecule is COc1cc([C@H]2C(C#N)=C(N)OC3=C2C(=O)CCC3)cc(OC)c1OC(C)=O. The van der Waals surface area contributed by atoms with Gasteiger partial charge in [0.25, 0.3) is 0 Å². The van der Waals surface area contributed by atoms with Crippen LogP contribution in [0.1, 0.15) is 37.7 Å².